The molecule has 1 heterocycles. The predicted octanol–water partition coefficient (Wildman–Crippen LogP) is 1.90. The van der Waals surface area contributed by atoms with Crippen molar-refractivity contribution in [1.29, 1.82) is 0 Å². The van der Waals surface area contributed by atoms with Crippen molar-refractivity contribution in [2.24, 2.45) is 23.7 Å². The predicted molar refractivity (Wildman–Crippen MR) is 63.4 cm³/mol. The summed E-state index contributed by atoms with van der Waals surface area (Å²) in [6.45, 7) is 0. The maximum absolute atomic E-state index is 11.8. The lowest BCUT2D eigenvalue weighted by atomic mass is 9.85. The van der Waals surface area contributed by atoms with Crippen LogP contribution in [0, 0.1) is 23.7 Å². The molecule has 3 aliphatic rings. The number of hydrogen-bond acceptors (Lipinski definition) is 3. The first-order chi connectivity index (χ1) is 8.77. The largest absolute Gasteiger partial charge is 0.393 e. The Bertz CT molecular complexity index is 530. The highest BCUT2D eigenvalue weighted by Crippen LogP contribution is 2.59. The highest BCUT2D eigenvalue weighted by Gasteiger charge is 2.62. The number of esters is 2. The lowest BCUT2D eigenvalue weighted by Crippen LogP contribution is -2.21. The molecule has 4 atom stereocenters. The van der Waals surface area contributed by atoms with Crippen LogP contribution in [0.1, 0.15) is 11.5 Å². The summed E-state index contributed by atoms with van der Waals surface area (Å²) in [6.07, 6.45) is 4.17. The van der Waals surface area contributed by atoms with Gasteiger partial charge in [-0.1, -0.05) is 42.5 Å². The normalized spacial score (nSPS) is 40.1. The van der Waals surface area contributed by atoms with Gasteiger partial charge in [-0.15, -0.1) is 0 Å². The molecule has 4 unspecified atom stereocenters. The van der Waals surface area contributed by atoms with Crippen LogP contribution < -0.4 is 0 Å². The Kier molecular flexibility index (Phi) is 1.85. The Hall–Kier alpha value is -1.90. The van der Waals surface area contributed by atoms with Crippen molar-refractivity contribution >= 4 is 11.9 Å². The number of rotatable bonds is 1. The summed E-state index contributed by atoms with van der Waals surface area (Å²) in [7, 11) is 0. The first kappa shape index (κ1) is 10.1. The Morgan fingerprint density at radius 3 is 1.89 bits per heavy atom. The van der Waals surface area contributed by atoms with Crippen LogP contribution in [0.2, 0.25) is 0 Å². The number of allylic oxidation sites excluding steroid dienone is 2. The highest BCUT2D eigenvalue weighted by atomic mass is 16.6. The van der Waals surface area contributed by atoms with Gasteiger partial charge in [0.05, 0.1) is 11.8 Å². The fourth-order valence-corrected chi connectivity index (χ4v) is 3.88. The summed E-state index contributed by atoms with van der Waals surface area (Å²) in [5.74, 6) is -0.651. The Labute approximate surface area is 104 Å². The van der Waals surface area contributed by atoms with Crippen LogP contribution in [-0.4, -0.2) is 11.9 Å². The molecule has 3 heteroatoms. The molecule has 1 saturated carbocycles. The Balaban J connectivity index is 1.79. The number of carbonyl (C=O) groups is 2. The maximum Gasteiger partial charge on any atom is 0.318 e. The minimum Gasteiger partial charge on any atom is -0.393 e. The number of fused-ring (bicyclic) bond motifs is 5. The molecule has 0 aromatic heterocycles. The standard InChI is InChI=1S/C15H12O3/c16-14-12-9-6-7-10(13(12)15(17)18-14)11(9)8-4-2-1-3-5-8/h1-7,9-13H. The second-order valence-electron chi connectivity index (χ2n) is 5.27. The SMILES string of the molecule is O=C1OC(=O)C2C3C=CC(C12)C3c1ccccc1. The summed E-state index contributed by atoms with van der Waals surface area (Å²) in [4.78, 5) is 23.5. The molecule has 1 aliphatic heterocycles. The molecule has 2 fully saturated rings. The molecule has 90 valence electrons. The van der Waals surface area contributed by atoms with Gasteiger partial charge in [-0.25, -0.2) is 0 Å². The quantitative estimate of drug-likeness (QED) is 0.428. The minimum atomic E-state index is -0.331. The van der Waals surface area contributed by atoms with Crippen LogP contribution >= 0.6 is 0 Å². The molecular weight excluding hydrogens is 228 g/mol. The van der Waals surface area contributed by atoms with Crippen LogP contribution in [0.25, 0.3) is 0 Å². The number of hydrogen-bond donors (Lipinski definition) is 0. The van der Waals surface area contributed by atoms with Gasteiger partial charge in [0.25, 0.3) is 0 Å². The molecule has 3 nitrogen and oxygen atoms in total. The fraction of sp³-hybridized carbons (Fsp3) is 0.333. The van der Waals surface area contributed by atoms with Crippen molar-refractivity contribution in [1.82, 2.24) is 0 Å². The smallest absolute Gasteiger partial charge is 0.318 e. The molecule has 1 aromatic carbocycles. The molecule has 2 aliphatic carbocycles. The van der Waals surface area contributed by atoms with Crippen LogP contribution in [0.4, 0.5) is 0 Å². The molecule has 4 rings (SSSR count). The second kappa shape index (κ2) is 3.31. The van der Waals surface area contributed by atoms with Crippen LogP contribution in [-0.2, 0) is 14.3 Å². The van der Waals surface area contributed by atoms with E-state index < -0.39 is 0 Å². The first-order valence-electron chi connectivity index (χ1n) is 6.26. The molecule has 0 spiro atoms. The van der Waals surface area contributed by atoms with E-state index in [0.717, 1.165) is 0 Å². The second-order valence-corrected chi connectivity index (χ2v) is 5.27. The van der Waals surface area contributed by atoms with E-state index in [1.807, 2.05) is 18.2 Å². The number of benzene rings is 1. The van der Waals surface area contributed by atoms with Gasteiger partial charge < -0.3 is 4.74 Å². The van der Waals surface area contributed by atoms with E-state index in [2.05, 4.69) is 24.3 Å². The fourth-order valence-electron chi connectivity index (χ4n) is 3.88. The van der Waals surface area contributed by atoms with E-state index in [9.17, 15) is 9.59 Å². The number of carbonyl (C=O) groups excluding carboxylic acids is 2. The van der Waals surface area contributed by atoms with E-state index in [0.29, 0.717) is 0 Å². The summed E-state index contributed by atoms with van der Waals surface area (Å²) >= 11 is 0. The number of cyclic esters (lactones) is 2. The van der Waals surface area contributed by atoms with Gasteiger partial charge in [-0.05, 0) is 23.3 Å². The van der Waals surface area contributed by atoms with E-state index in [-0.39, 0.29) is 41.5 Å². The molecule has 18 heavy (non-hydrogen) atoms. The zero-order valence-electron chi connectivity index (χ0n) is 9.65. The van der Waals surface area contributed by atoms with Gasteiger partial charge in [0.1, 0.15) is 0 Å². The molecule has 0 radical (unpaired) electrons. The van der Waals surface area contributed by atoms with Gasteiger partial charge in [-0.2, -0.15) is 0 Å². The van der Waals surface area contributed by atoms with Crippen molar-refractivity contribution in [2.75, 3.05) is 0 Å². The Morgan fingerprint density at radius 2 is 1.33 bits per heavy atom. The van der Waals surface area contributed by atoms with E-state index in [1.165, 1.54) is 5.56 Å². The summed E-state index contributed by atoms with van der Waals surface area (Å²) in [5, 5.41) is 0. The first-order valence-corrected chi connectivity index (χ1v) is 6.26. The molecular formula is C15H12O3. The third kappa shape index (κ3) is 1.09. The van der Waals surface area contributed by atoms with Crippen molar-refractivity contribution in [3.63, 3.8) is 0 Å². The van der Waals surface area contributed by atoms with Crippen molar-refractivity contribution in [2.45, 2.75) is 5.92 Å². The van der Waals surface area contributed by atoms with Gasteiger partial charge in [0.15, 0.2) is 0 Å². The monoisotopic (exact) mass is 240 g/mol. The van der Waals surface area contributed by atoms with Crippen molar-refractivity contribution in [3.8, 4) is 0 Å². The van der Waals surface area contributed by atoms with Crippen LogP contribution in [0.5, 0.6) is 0 Å². The highest BCUT2D eigenvalue weighted by molar-refractivity contribution is 5.98. The molecule has 0 N–H and O–H groups in total. The van der Waals surface area contributed by atoms with Crippen molar-refractivity contribution in [3.05, 3.63) is 48.0 Å². The Morgan fingerprint density at radius 1 is 0.778 bits per heavy atom. The summed E-state index contributed by atoms with van der Waals surface area (Å²) in [6, 6.07) is 10.1. The molecule has 1 aromatic rings. The zero-order valence-corrected chi connectivity index (χ0v) is 9.65. The average Bonchev–Trinajstić information content (AvgIpc) is 3.02. The topological polar surface area (TPSA) is 43.4 Å². The maximum atomic E-state index is 11.8. The molecule has 2 bridgehead atoms. The van der Waals surface area contributed by atoms with E-state index >= 15 is 0 Å². The minimum absolute atomic E-state index is 0.126. The third-order valence-electron chi connectivity index (χ3n) is 4.53. The molecule has 1 saturated heterocycles. The summed E-state index contributed by atoms with van der Waals surface area (Å²) < 4.78 is 4.78. The lowest BCUT2D eigenvalue weighted by molar-refractivity contribution is -0.154. The van der Waals surface area contributed by atoms with E-state index in [1.54, 1.807) is 0 Å². The lowest BCUT2D eigenvalue weighted by Gasteiger charge is -2.18. The van der Waals surface area contributed by atoms with Gasteiger partial charge >= 0.3 is 11.9 Å². The van der Waals surface area contributed by atoms with Crippen LogP contribution in [0.15, 0.2) is 42.5 Å². The van der Waals surface area contributed by atoms with Gasteiger partial charge in [-0.3, -0.25) is 9.59 Å². The van der Waals surface area contributed by atoms with E-state index in [4.69, 9.17) is 4.74 Å². The van der Waals surface area contributed by atoms with Gasteiger partial charge in [0.2, 0.25) is 0 Å². The van der Waals surface area contributed by atoms with Crippen LogP contribution in [0.3, 0.4) is 0 Å². The zero-order chi connectivity index (χ0) is 12.3. The third-order valence-corrected chi connectivity index (χ3v) is 4.53. The molecule has 0 amide bonds. The van der Waals surface area contributed by atoms with Gasteiger partial charge in [0, 0.05) is 0 Å². The average molecular weight is 240 g/mol. The summed E-state index contributed by atoms with van der Waals surface area (Å²) in [5.41, 5.74) is 1.22. The number of ether oxygens (including phenoxy) is 1. The van der Waals surface area contributed by atoms with Crippen molar-refractivity contribution < 1.29 is 14.3 Å².